The highest BCUT2D eigenvalue weighted by Gasteiger charge is 2.26. The van der Waals surface area contributed by atoms with Gasteiger partial charge in [-0.15, -0.1) is 0 Å². The van der Waals surface area contributed by atoms with Crippen molar-refractivity contribution in [2.24, 2.45) is 0 Å². The topological polar surface area (TPSA) is 20.3 Å². The second kappa shape index (κ2) is 9.03. The van der Waals surface area contributed by atoms with E-state index in [9.17, 15) is 4.79 Å². The Hall–Kier alpha value is -2.35. The fourth-order valence-electron chi connectivity index (χ4n) is 4.26. The minimum absolute atomic E-state index is 0.194. The third kappa shape index (κ3) is 3.85. The molecular weight excluding hydrogens is 330 g/mol. The maximum Gasteiger partial charge on any atom is 0.227 e. The van der Waals surface area contributed by atoms with Crippen molar-refractivity contribution in [2.75, 3.05) is 4.90 Å². The van der Waals surface area contributed by atoms with Crippen LogP contribution in [0.4, 0.5) is 5.69 Å². The molecule has 27 heavy (non-hydrogen) atoms. The highest BCUT2D eigenvalue weighted by molar-refractivity contribution is 6.02. The molecule has 2 heteroatoms. The number of para-hydroxylation sites is 1. The van der Waals surface area contributed by atoms with E-state index in [1.807, 2.05) is 25.7 Å². The lowest BCUT2D eigenvalue weighted by Crippen LogP contribution is -2.31. The maximum absolute atomic E-state index is 12.7. The molecule has 1 aliphatic carbocycles. The van der Waals surface area contributed by atoms with Gasteiger partial charge in [0.15, 0.2) is 0 Å². The lowest BCUT2D eigenvalue weighted by Gasteiger charge is -2.30. The summed E-state index contributed by atoms with van der Waals surface area (Å²) in [5.74, 6) is 0.194. The van der Waals surface area contributed by atoms with E-state index in [-0.39, 0.29) is 5.91 Å². The predicted octanol–water partition coefficient (Wildman–Crippen LogP) is 6.84. The summed E-state index contributed by atoms with van der Waals surface area (Å²) in [6.45, 7) is 6.61. The van der Waals surface area contributed by atoms with Crippen molar-refractivity contribution < 1.29 is 4.79 Å². The zero-order valence-corrected chi connectivity index (χ0v) is 16.9. The Bertz CT molecular complexity index is 834. The summed E-state index contributed by atoms with van der Waals surface area (Å²) < 4.78 is 0. The van der Waals surface area contributed by atoms with E-state index in [1.165, 1.54) is 47.1 Å². The zero-order valence-electron chi connectivity index (χ0n) is 16.9. The molecule has 0 fully saturated rings. The average molecular weight is 362 g/mol. The van der Waals surface area contributed by atoms with Crippen LogP contribution >= 0.6 is 0 Å². The number of benzene rings is 2. The summed E-state index contributed by atoms with van der Waals surface area (Å²) in [7, 11) is 0. The third-order valence-electron chi connectivity index (χ3n) is 5.51. The van der Waals surface area contributed by atoms with Crippen LogP contribution in [0.1, 0.15) is 76.0 Å². The number of carbonyl (C=O) groups excluding carboxylic acids is 1. The molecule has 0 radical (unpaired) electrons. The molecule has 2 aliphatic rings. The fourth-order valence-corrected chi connectivity index (χ4v) is 4.26. The summed E-state index contributed by atoms with van der Waals surface area (Å²) in [6, 6.07) is 17.2. The van der Waals surface area contributed by atoms with E-state index in [0.29, 0.717) is 13.0 Å². The van der Waals surface area contributed by atoms with Gasteiger partial charge in [0, 0.05) is 12.0 Å². The van der Waals surface area contributed by atoms with Gasteiger partial charge in [-0.3, -0.25) is 4.79 Å². The molecule has 0 aromatic heterocycles. The third-order valence-corrected chi connectivity index (χ3v) is 5.51. The van der Waals surface area contributed by atoms with E-state index >= 15 is 0 Å². The van der Waals surface area contributed by atoms with Crippen LogP contribution in [-0.2, 0) is 11.3 Å². The summed E-state index contributed by atoms with van der Waals surface area (Å²) in [6.07, 6.45) is 6.55. The Balaban J connectivity index is 0.00000102. The average Bonchev–Trinajstić information content (AvgIpc) is 2.98. The van der Waals surface area contributed by atoms with Gasteiger partial charge in [-0.2, -0.15) is 0 Å². The van der Waals surface area contributed by atoms with Gasteiger partial charge >= 0.3 is 0 Å². The molecule has 0 unspecified atom stereocenters. The molecule has 1 aliphatic heterocycles. The number of hydrogen-bond acceptors (Lipinski definition) is 1. The molecule has 0 N–H and O–H groups in total. The number of fused-ring (bicyclic) bond motifs is 4. The van der Waals surface area contributed by atoms with E-state index in [0.717, 1.165) is 18.5 Å². The molecule has 0 bridgehead atoms. The minimum atomic E-state index is 0.194. The van der Waals surface area contributed by atoms with Crippen LogP contribution in [0, 0.1) is 0 Å². The number of rotatable bonds is 1. The number of anilines is 1. The SMILES string of the molecule is CC.CCC(=O)N1Cc2ccccc2C2=C(CCCCC2)c2ccccc21. The van der Waals surface area contributed by atoms with Crippen molar-refractivity contribution in [3.63, 3.8) is 0 Å². The van der Waals surface area contributed by atoms with E-state index < -0.39 is 0 Å². The normalized spacial score (nSPS) is 15.9. The Labute approximate surface area is 163 Å². The van der Waals surface area contributed by atoms with E-state index in [2.05, 4.69) is 48.5 Å². The number of hydrogen-bond donors (Lipinski definition) is 0. The van der Waals surface area contributed by atoms with Gasteiger partial charge in [0.2, 0.25) is 5.91 Å². The largest absolute Gasteiger partial charge is 0.307 e. The molecule has 1 heterocycles. The molecule has 142 valence electrons. The first-order valence-electron chi connectivity index (χ1n) is 10.5. The highest BCUT2D eigenvalue weighted by Crippen LogP contribution is 2.43. The van der Waals surface area contributed by atoms with Crippen LogP contribution in [-0.4, -0.2) is 5.91 Å². The summed E-state index contributed by atoms with van der Waals surface area (Å²) in [4.78, 5) is 14.7. The van der Waals surface area contributed by atoms with Crippen LogP contribution in [0.3, 0.4) is 0 Å². The first kappa shape index (κ1) is 19.4. The lowest BCUT2D eigenvalue weighted by molar-refractivity contribution is -0.118. The Morgan fingerprint density at radius 2 is 1.44 bits per heavy atom. The Kier molecular flexibility index (Phi) is 6.49. The summed E-state index contributed by atoms with van der Waals surface area (Å²) in [5.41, 5.74) is 7.92. The quantitative estimate of drug-likeness (QED) is 0.544. The van der Waals surface area contributed by atoms with Gasteiger partial charge in [-0.1, -0.05) is 69.7 Å². The van der Waals surface area contributed by atoms with E-state index in [1.54, 1.807) is 0 Å². The molecule has 1 amide bonds. The summed E-state index contributed by atoms with van der Waals surface area (Å²) >= 11 is 0. The van der Waals surface area contributed by atoms with Crippen LogP contribution < -0.4 is 4.90 Å². The fraction of sp³-hybridized carbons (Fsp3) is 0.400. The van der Waals surface area contributed by atoms with Crippen LogP contribution in [0.5, 0.6) is 0 Å². The monoisotopic (exact) mass is 361 g/mol. The standard InChI is InChI=1S/C23H25NO.C2H6/c1-2-23(25)24-16-17-10-6-7-11-18(17)19-12-4-3-5-13-20(19)21-14-8-9-15-22(21)24;1-2/h6-11,14-15H,2-5,12-13,16H2,1H3;1-2H3. The molecule has 2 nitrogen and oxygen atoms in total. The molecule has 0 saturated carbocycles. The van der Waals surface area contributed by atoms with Gasteiger partial charge in [-0.25, -0.2) is 0 Å². The second-order valence-electron chi connectivity index (χ2n) is 7.03. The summed E-state index contributed by atoms with van der Waals surface area (Å²) in [5, 5.41) is 0. The molecule has 0 atom stereocenters. The van der Waals surface area contributed by atoms with Gasteiger partial charge in [-0.05, 0) is 54.0 Å². The molecule has 4 rings (SSSR count). The molecule has 2 aromatic rings. The smallest absolute Gasteiger partial charge is 0.227 e. The Morgan fingerprint density at radius 3 is 2.15 bits per heavy atom. The van der Waals surface area contributed by atoms with Crippen molar-refractivity contribution >= 4 is 22.7 Å². The predicted molar refractivity (Wildman–Crippen MR) is 116 cm³/mol. The zero-order chi connectivity index (χ0) is 19.2. The van der Waals surface area contributed by atoms with Crippen molar-refractivity contribution in [3.05, 3.63) is 65.2 Å². The molecular formula is C25H31NO. The maximum atomic E-state index is 12.7. The number of nitrogens with zero attached hydrogens (tertiary/aromatic N) is 1. The first-order chi connectivity index (χ1) is 13.3. The van der Waals surface area contributed by atoms with E-state index in [4.69, 9.17) is 0 Å². The van der Waals surface area contributed by atoms with Crippen LogP contribution in [0.25, 0.3) is 11.1 Å². The number of amides is 1. The number of carbonyl (C=O) groups is 1. The highest BCUT2D eigenvalue weighted by atomic mass is 16.2. The second-order valence-corrected chi connectivity index (χ2v) is 7.03. The Morgan fingerprint density at radius 1 is 0.852 bits per heavy atom. The van der Waals surface area contributed by atoms with Crippen LogP contribution in [0.15, 0.2) is 48.5 Å². The first-order valence-corrected chi connectivity index (χ1v) is 10.5. The molecule has 0 saturated heterocycles. The van der Waals surface area contributed by atoms with Gasteiger partial charge in [0.1, 0.15) is 0 Å². The van der Waals surface area contributed by atoms with Crippen molar-refractivity contribution in [1.29, 1.82) is 0 Å². The van der Waals surface area contributed by atoms with Gasteiger partial charge in [0.25, 0.3) is 0 Å². The lowest BCUT2D eigenvalue weighted by atomic mass is 9.86. The molecule has 2 aromatic carbocycles. The van der Waals surface area contributed by atoms with Gasteiger partial charge < -0.3 is 4.90 Å². The van der Waals surface area contributed by atoms with Crippen molar-refractivity contribution in [2.45, 2.75) is 65.8 Å². The molecule has 0 spiro atoms. The minimum Gasteiger partial charge on any atom is -0.307 e. The number of allylic oxidation sites excluding steroid dienone is 2. The van der Waals surface area contributed by atoms with Crippen molar-refractivity contribution in [3.8, 4) is 0 Å². The van der Waals surface area contributed by atoms with Crippen molar-refractivity contribution in [1.82, 2.24) is 0 Å². The van der Waals surface area contributed by atoms with Crippen LogP contribution in [0.2, 0.25) is 0 Å². The van der Waals surface area contributed by atoms with Gasteiger partial charge in [0.05, 0.1) is 12.2 Å².